The van der Waals surface area contributed by atoms with Gasteiger partial charge in [0.15, 0.2) is 0 Å². The van der Waals surface area contributed by atoms with Crippen LogP contribution in [0.1, 0.15) is 51.3 Å². The van der Waals surface area contributed by atoms with Gasteiger partial charge in [0.25, 0.3) is 0 Å². The molecule has 1 atom stereocenters. The fraction of sp³-hybridized carbons (Fsp3) is 0.562. The van der Waals surface area contributed by atoms with Crippen LogP contribution in [0, 0.1) is 6.92 Å². The second-order valence-corrected chi connectivity index (χ2v) is 7.37. The minimum Gasteiger partial charge on any atom is -0.495 e. The number of methoxy groups -OCH3 is 1. The molecule has 1 rings (SSSR count). The van der Waals surface area contributed by atoms with Gasteiger partial charge in [0, 0.05) is 16.1 Å². The van der Waals surface area contributed by atoms with Crippen molar-refractivity contribution in [2.75, 3.05) is 7.11 Å². The Balaban J connectivity index is 3.58. The normalized spacial score (nSPS) is 12.9. The van der Waals surface area contributed by atoms with Gasteiger partial charge < -0.3 is 9.84 Å². The summed E-state index contributed by atoms with van der Waals surface area (Å²) in [5.41, 5.74) is 1.10. The highest BCUT2D eigenvalue weighted by molar-refractivity contribution is 9.10. The van der Waals surface area contributed by atoms with E-state index < -0.39 is 11.6 Å². The number of ether oxygens (including phenoxy) is 1. The van der Waals surface area contributed by atoms with Crippen LogP contribution in [0.5, 0.6) is 5.75 Å². The highest BCUT2D eigenvalue weighted by atomic mass is 79.9. The average Bonchev–Trinajstić information content (AvgIpc) is 2.39. The first-order valence-corrected chi connectivity index (χ1v) is 8.28. The summed E-state index contributed by atoms with van der Waals surface area (Å²) in [4.78, 5) is 13.2. The van der Waals surface area contributed by atoms with Crippen LogP contribution in [0.25, 0.3) is 0 Å². The number of hydrogen-bond acceptors (Lipinski definition) is 2. The summed E-state index contributed by atoms with van der Waals surface area (Å²) < 4.78 is 6.27. The average molecular weight is 393 g/mol. The van der Waals surface area contributed by atoms with Gasteiger partial charge in [-0.25, -0.2) is 4.79 Å². The Kier molecular flexibility index (Phi) is 6.16. The number of rotatable bonds is 4. The molecule has 0 aliphatic heterocycles. The van der Waals surface area contributed by atoms with Crippen LogP contribution < -0.4 is 4.74 Å². The van der Waals surface area contributed by atoms with Gasteiger partial charge in [0.2, 0.25) is 0 Å². The van der Waals surface area contributed by atoms with E-state index in [4.69, 9.17) is 16.3 Å². The molecule has 22 heavy (non-hydrogen) atoms. The van der Waals surface area contributed by atoms with Crippen LogP contribution in [-0.2, 0) is 0 Å². The third-order valence-electron chi connectivity index (χ3n) is 3.62. The zero-order valence-corrected chi connectivity index (χ0v) is 16.2. The van der Waals surface area contributed by atoms with E-state index in [1.165, 1.54) is 4.90 Å². The molecule has 1 unspecified atom stereocenters. The minimum atomic E-state index is -0.964. The third-order valence-corrected chi connectivity index (χ3v) is 4.97. The summed E-state index contributed by atoms with van der Waals surface area (Å²) in [5.74, 6) is 0.629. The van der Waals surface area contributed by atoms with Gasteiger partial charge in [-0.05, 0) is 61.7 Å². The molecule has 0 radical (unpaired) electrons. The zero-order chi connectivity index (χ0) is 17.2. The van der Waals surface area contributed by atoms with Gasteiger partial charge in [0.1, 0.15) is 5.75 Å². The van der Waals surface area contributed by atoms with Crippen molar-refractivity contribution in [3.8, 4) is 5.75 Å². The van der Waals surface area contributed by atoms with Crippen LogP contribution >= 0.6 is 27.5 Å². The molecule has 1 amide bonds. The Morgan fingerprint density at radius 2 is 2.05 bits per heavy atom. The molecular weight excluding hydrogens is 370 g/mol. The lowest BCUT2D eigenvalue weighted by atomic mass is 9.95. The van der Waals surface area contributed by atoms with Crippen molar-refractivity contribution in [1.29, 1.82) is 0 Å². The molecule has 1 aromatic carbocycles. The largest absolute Gasteiger partial charge is 0.495 e. The Labute approximate surface area is 145 Å². The highest BCUT2D eigenvalue weighted by Crippen LogP contribution is 2.43. The maximum absolute atomic E-state index is 11.8. The number of carbonyl (C=O) groups is 1. The number of benzene rings is 1. The van der Waals surface area contributed by atoms with Crippen molar-refractivity contribution in [1.82, 2.24) is 4.90 Å². The number of carboxylic acid groups (broad SMARTS) is 1. The summed E-state index contributed by atoms with van der Waals surface area (Å²) in [6, 6.07) is 1.46. The zero-order valence-electron chi connectivity index (χ0n) is 13.8. The molecule has 0 heterocycles. The quantitative estimate of drug-likeness (QED) is 0.720. The molecule has 0 aliphatic carbocycles. The van der Waals surface area contributed by atoms with Crippen LogP contribution in [0.4, 0.5) is 4.79 Å². The van der Waals surface area contributed by atoms with Gasteiger partial charge in [-0.15, -0.1) is 0 Å². The first-order chi connectivity index (χ1) is 10.1. The second kappa shape index (κ2) is 7.09. The number of halogens is 2. The van der Waals surface area contributed by atoms with E-state index in [-0.39, 0.29) is 6.04 Å². The SMILES string of the molecule is CCC(c1cc(Cl)c(C)c(Br)c1OC)N(C(=O)O)C(C)(C)C. The van der Waals surface area contributed by atoms with Crippen LogP contribution in [-0.4, -0.2) is 28.7 Å². The standard InChI is InChI=1S/C16H23BrClNO3/c1-7-12(19(15(20)21)16(3,4)5)10-8-11(18)9(2)13(17)14(10)22-6/h8,12H,7H2,1-6H3,(H,20,21). The smallest absolute Gasteiger partial charge is 0.408 e. The maximum Gasteiger partial charge on any atom is 0.408 e. The van der Waals surface area contributed by atoms with Crippen molar-refractivity contribution < 1.29 is 14.6 Å². The molecule has 1 N–H and O–H groups in total. The van der Waals surface area contributed by atoms with Crippen molar-refractivity contribution in [2.24, 2.45) is 0 Å². The monoisotopic (exact) mass is 391 g/mol. The molecule has 1 aromatic rings. The highest BCUT2D eigenvalue weighted by Gasteiger charge is 2.35. The van der Waals surface area contributed by atoms with Crippen molar-refractivity contribution >= 4 is 33.6 Å². The summed E-state index contributed by atoms with van der Waals surface area (Å²) >= 11 is 9.80. The lowest BCUT2D eigenvalue weighted by molar-refractivity contribution is 0.0674. The molecule has 0 aliphatic rings. The second-order valence-electron chi connectivity index (χ2n) is 6.17. The maximum atomic E-state index is 11.8. The molecular formula is C16H23BrClNO3. The van der Waals surface area contributed by atoms with Gasteiger partial charge in [-0.1, -0.05) is 18.5 Å². The van der Waals surface area contributed by atoms with Gasteiger partial charge in [0.05, 0.1) is 17.6 Å². The van der Waals surface area contributed by atoms with Crippen LogP contribution in [0.3, 0.4) is 0 Å². The van der Waals surface area contributed by atoms with Gasteiger partial charge in [-0.2, -0.15) is 0 Å². The topological polar surface area (TPSA) is 49.8 Å². The van der Waals surface area contributed by atoms with Crippen molar-refractivity contribution in [3.05, 3.63) is 26.7 Å². The summed E-state index contributed by atoms with van der Waals surface area (Å²) in [7, 11) is 1.58. The molecule has 0 fully saturated rings. The number of nitrogens with zero attached hydrogens (tertiary/aromatic N) is 1. The van der Waals surface area contributed by atoms with Gasteiger partial charge >= 0.3 is 6.09 Å². The third kappa shape index (κ3) is 3.69. The van der Waals surface area contributed by atoms with E-state index in [1.807, 2.05) is 34.6 Å². The number of amides is 1. The molecule has 4 nitrogen and oxygen atoms in total. The van der Waals surface area contributed by atoms with Crippen molar-refractivity contribution in [2.45, 2.75) is 52.6 Å². The summed E-state index contributed by atoms with van der Waals surface area (Å²) in [6.07, 6.45) is -0.347. The fourth-order valence-corrected chi connectivity index (χ4v) is 3.53. The molecule has 0 saturated carbocycles. The Hall–Kier alpha value is -0.940. The molecule has 6 heteroatoms. The van der Waals surface area contributed by atoms with E-state index in [0.29, 0.717) is 17.2 Å². The van der Waals surface area contributed by atoms with E-state index in [2.05, 4.69) is 15.9 Å². The van der Waals surface area contributed by atoms with Crippen LogP contribution in [0.2, 0.25) is 5.02 Å². The predicted octanol–water partition coefficient (Wildman–Crippen LogP) is 5.65. The summed E-state index contributed by atoms with van der Waals surface area (Å²) in [5, 5.41) is 10.3. The van der Waals surface area contributed by atoms with Crippen molar-refractivity contribution in [3.63, 3.8) is 0 Å². The molecule has 0 bridgehead atoms. The lowest BCUT2D eigenvalue weighted by Crippen LogP contribution is -2.47. The van der Waals surface area contributed by atoms with E-state index in [0.717, 1.165) is 15.6 Å². The fourth-order valence-electron chi connectivity index (χ4n) is 2.60. The number of hydrogen-bond donors (Lipinski definition) is 1. The predicted molar refractivity (Wildman–Crippen MR) is 93.1 cm³/mol. The minimum absolute atomic E-state index is 0.346. The lowest BCUT2D eigenvalue weighted by Gasteiger charge is -2.40. The van der Waals surface area contributed by atoms with E-state index in [1.54, 1.807) is 13.2 Å². The Morgan fingerprint density at radius 1 is 1.50 bits per heavy atom. The molecule has 124 valence electrons. The summed E-state index contributed by atoms with van der Waals surface area (Å²) in [6.45, 7) is 9.47. The van der Waals surface area contributed by atoms with E-state index in [9.17, 15) is 9.90 Å². The first-order valence-electron chi connectivity index (χ1n) is 7.10. The van der Waals surface area contributed by atoms with E-state index >= 15 is 0 Å². The van der Waals surface area contributed by atoms with Gasteiger partial charge in [-0.3, -0.25) is 4.90 Å². The Bertz CT molecular complexity index is 569. The Morgan fingerprint density at radius 3 is 2.41 bits per heavy atom. The molecule has 0 saturated heterocycles. The van der Waals surface area contributed by atoms with Crippen LogP contribution in [0.15, 0.2) is 10.5 Å². The molecule has 0 spiro atoms. The molecule has 0 aromatic heterocycles. The first kappa shape index (κ1) is 19.1.